The monoisotopic (exact) mass is 305 g/mol. The molecule has 3 rings (SSSR count). The Hall–Kier alpha value is -1.85. The lowest BCUT2D eigenvalue weighted by Crippen LogP contribution is -2.31. The summed E-state index contributed by atoms with van der Waals surface area (Å²) in [6.07, 6.45) is 2.32. The second kappa shape index (κ2) is 5.26. The van der Waals surface area contributed by atoms with Gasteiger partial charge in [-0.25, -0.2) is 5.01 Å². The third-order valence-corrected chi connectivity index (χ3v) is 3.62. The van der Waals surface area contributed by atoms with Gasteiger partial charge < -0.3 is 10.2 Å². The topological polar surface area (TPSA) is 54.8 Å². The lowest BCUT2D eigenvalue weighted by molar-refractivity contribution is 0.316. The first kappa shape index (κ1) is 13.1. The summed E-state index contributed by atoms with van der Waals surface area (Å²) in [5, 5.41) is 7.06. The van der Waals surface area contributed by atoms with E-state index in [0.717, 1.165) is 17.0 Å². The van der Waals surface area contributed by atoms with Crippen LogP contribution in [-0.4, -0.2) is 15.8 Å². The molecule has 1 aromatic carbocycles. The number of nitrogens with two attached hydrogens (primary N) is 1. The second-order valence-corrected chi connectivity index (χ2v) is 5.33. The smallest absolute Gasteiger partial charge is 0.187 e. The van der Waals surface area contributed by atoms with Crippen LogP contribution >= 0.6 is 23.8 Å². The minimum atomic E-state index is -0.0896. The molecule has 1 atom stereocenters. The van der Waals surface area contributed by atoms with Gasteiger partial charge in [-0.05, 0) is 42.0 Å². The molecule has 0 bridgehead atoms. The molecule has 1 aromatic heterocycles. The van der Waals surface area contributed by atoms with Gasteiger partial charge >= 0.3 is 0 Å². The minimum Gasteiger partial charge on any atom is -0.467 e. The van der Waals surface area contributed by atoms with Crippen LogP contribution in [0.3, 0.4) is 0 Å². The van der Waals surface area contributed by atoms with E-state index in [2.05, 4.69) is 5.10 Å². The minimum absolute atomic E-state index is 0.0896. The first-order chi connectivity index (χ1) is 9.65. The SMILES string of the molecule is NC(=S)N1N=C(c2ccc(Cl)cc2)C[C@H]1c1ccco1. The summed E-state index contributed by atoms with van der Waals surface area (Å²) in [5.41, 5.74) is 7.66. The molecular formula is C14H12ClN3OS. The van der Waals surface area contributed by atoms with Gasteiger partial charge in [-0.3, -0.25) is 0 Å². The maximum absolute atomic E-state index is 5.90. The Balaban J connectivity index is 1.92. The number of thiocarbonyl (C=S) groups is 1. The van der Waals surface area contributed by atoms with Crippen LogP contribution in [0.5, 0.6) is 0 Å². The molecular weight excluding hydrogens is 294 g/mol. The lowest BCUT2D eigenvalue weighted by Gasteiger charge is -2.19. The number of hydrogen-bond donors (Lipinski definition) is 1. The Labute approximate surface area is 126 Å². The molecule has 4 nitrogen and oxygen atoms in total. The summed E-state index contributed by atoms with van der Waals surface area (Å²) in [7, 11) is 0. The van der Waals surface area contributed by atoms with Crippen LogP contribution in [0.15, 0.2) is 52.2 Å². The van der Waals surface area contributed by atoms with Crippen LogP contribution in [-0.2, 0) is 0 Å². The summed E-state index contributed by atoms with van der Waals surface area (Å²) in [6.45, 7) is 0. The molecule has 0 unspecified atom stereocenters. The number of nitrogens with zero attached hydrogens (tertiary/aromatic N) is 2. The van der Waals surface area contributed by atoms with E-state index >= 15 is 0 Å². The average Bonchev–Trinajstić information content (AvgIpc) is 3.08. The zero-order valence-electron chi connectivity index (χ0n) is 10.5. The molecule has 1 aliphatic rings. The standard InChI is InChI=1S/C14H12ClN3OS/c15-10-5-3-9(4-6-10)11-8-12(13-2-1-7-19-13)18(17-11)14(16)20/h1-7,12H,8H2,(H2,16,20)/t12-/m0/s1. The highest BCUT2D eigenvalue weighted by molar-refractivity contribution is 7.80. The summed E-state index contributed by atoms with van der Waals surface area (Å²) in [5.74, 6) is 0.797. The van der Waals surface area contributed by atoms with Gasteiger partial charge in [0.2, 0.25) is 0 Å². The molecule has 0 amide bonds. The van der Waals surface area contributed by atoms with E-state index in [9.17, 15) is 0 Å². The number of hydrazone groups is 1. The molecule has 0 spiro atoms. The van der Waals surface area contributed by atoms with E-state index in [-0.39, 0.29) is 11.2 Å². The van der Waals surface area contributed by atoms with E-state index in [1.165, 1.54) is 0 Å². The summed E-state index contributed by atoms with van der Waals surface area (Å²) in [4.78, 5) is 0. The van der Waals surface area contributed by atoms with Gasteiger partial charge in [0.1, 0.15) is 11.8 Å². The highest BCUT2D eigenvalue weighted by Crippen LogP contribution is 2.32. The number of benzene rings is 1. The fraction of sp³-hybridized carbons (Fsp3) is 0.143. The van der Waals surface area contributed by atoms with E-state index in [0.29, 0.717) is 11.4 Å². The maximum Gasteiger partial charge on any atom is 0.187 e. The molecule has 102 valence electrons. The molecule has 0 aliphatic carbocycles. The van der Waals surface area contributed by atoms with Crippen LogP contribution in [0.2, 0.25) is 5.02 Å². The predicted octanol–water partition coefficient (Wildman–Crippen LogP) is 3.33. The van der Waals surface area contributed by atoms with Gasteiger partial charge in [-0.1, -0.05) is 23.7 Å². The summed E-state index contributed by atoms with van der Waals surface area (Å²) < 4.78 is 5.45. The van der Waals surface area contributed by atoms with Crippen molar-refractivity contribution in [3.8, 4) is 0 Å². The van der Waals surface area contributed by atoms with Crippen LogP contribution in [0, 0.1) is 0 Å². The second-order valence-electron chi connectivity index (χ2n) is 4.47. The highest BCUT2D eigenvalue weighted by atomic mass is 35.5. The largest absolute Gasteiger partial charge is 0.467 e. The number of halogens is 1. The van der Waals surface area contributed by atoms with Crippen molar-refractivity contribution in [1.29, 1.82) is 0 Å². The van der Waals surface area contributed by atoms with Gasteiger partial charge in [0.15, 0.2) is 5.11 Å². The molecule has 0 saturated heterocycles. The molecule has 6 heteroatoms. The Kier molecular flexibility index (Phi) is 3.46. The fourth-order valence-electron chi connectivity index (χ4n) is 2.23. The summed E-state index contributed by atoms with van der Waals surface area (Å²) in [6, 6.07) is 11.2. The maximum atomic E-state index is 5.90. The van der Waals surface area contributed by atoms with Gasteiger partial charge in [-0.15, -0.1) is 0 Å². The molecule has 2 N–H and O–H groups in total. The molecule has 0 saturated carbocycles. The van der Waals surface area contributed by atoms with Crippen LogP contribution < -0.4 is 5.73 Å². The van der Waals surface area contributed by atoms with Crippen LogP contribution in [0.25, 0.3) is 0 Å². The van der Waals surface area contributed by atoms with E-state index in [1.807, 2.05) is 36.4 Å². The van der Waals surface area contributed by atoms with E-state index in [4.69, 9.17) is 34.0 Å². The third kappa shape index (κ3) is 2.42. The van der Waals surface area contributed by atoms with Gasteiger partial charge in [0, 0.05) is 11.4 Å². The predicted molar refractivity (Wildman–Crippen MR) is 82.7 cm³/mol. The van der Waals surface area contributed by atoms with Gasteiger partial charge in [0.25, 0.3) is 0 Å². The first-order valence-corrected chi connectivity index (χ1v) is 6.89. The lowest BCUT2D eigenvalue weighted by atomic mass is 10.0. The fourth-order valence-corrected chi connectivity index (χ4v) is 2.53. The normalized spacial score (nSPS) is 18.1. The van der Waals surface area contributed by atoms with Crippen molar-refractivity contribution in [2.24, 2.45) is 10.8 Å². The Morgan fingerprint density at radius 3 is 2.70 bits per heavy atom. The zero-order valence-corrected chi connectivity index (χ0v) is 12.1. The molecule has 2 aromatic rings. The number of furan rings is 1. The first-order valence-electron chi connectivity index (χ1n) is 6.10. The van der Waals surface area contributed by atoms with Crippen molar-refractivity contribution in [3.05, 3.63) is 59.0 Å². The summed E-state index contributed by atoms with van der Waals surface area (Å²) >= 11 is 11.0. The van der Waals surface area contributed by atoms with E-state index in [1.54, 1.807) is 11.3 Å². The Morgan fingerprint density at radius 2 is 2.10 bits per heavy atom. The zero-order chi connectivity index (χ0) is 14.1. The number of hydrogen-bond acceptors (Lipinski definition) is 3. The van der Waals surface area contributed by atoms with Crippen molar-refractivity contribution in [2.75, 3.05) is 0 Å². The number of rotatable bonds is 2. The third-order valence-electron chi connectivity index (χ3n) is 3.19. The average molecular weight is 306 g/mol. The van der Waals surface area contributed by atoms with Gasteiger partial charge in [0.05, 0.1) is 12.0 Å². The van der Waals surface area contributed by atoms with Crippen molar-refractivity contribution in [3.63, 3.8) is 0 Å². The van der Waals surface area contributed by atoms with Crippen LogP contribution in [0.4, 0.5) is 0 Å². The van der Waals surface area contributed by atoms with Crippen molar-refractivity contribution >= 4 is 34.6 Å². The van der Waals surface area contributed by atoms with E-state index < -0.39 is 0 Å². The highest BCUT2D eigenvalue weighted by Gasteiger charge is 2.32. The quantitative estimate of drug-likeness (QED) is 0.865. The van der Waals surface area contributed by atoms with Crippen LogP contribution in [0.1, 0.15) is 23.8 Å². The Bertz CT molecular complexity index is 652. The van der Waals surface area contributed by atoms with Crippen molar-refractivity contribution in [1.82, 2.24) is 5.01 Å². The van der Waals surface area contributed by atoms with Crippen molar-refractivity contribution in [2.45, 2.75) is 12.5 Å². The molecule has 2 heterocycles. The molecule has 0 fully saturated rings. The van der Waals surface area contributed by atoms with Crippen molar-refractivity contribution < 1.29 is 4.42 Å². The molecule has 20 heavy (non-hydrogen) atoms. The van der Waals surface area contributed by atoms with Gasteiger partial charge in [-0.2, -0.15) is 5.10 Å². The molecule has 0 radical (unpaired) electrons. The molecule has 1 aliphatic heterocycles. The Morgan fingerprint density at radius 1 is 1.35 bits per heavy atom.